The van der Waals surface area contributed by atoms with Gasteiger partial charge in [-0.2, -0.15) is 13.2 Å². The zero-order chi connectivity index (χ0) is 33.5. The number of ketones is 2. The van der Waals surface area contributed by atoms with Crippen molar-refractivity contribution in [3.05, 3.63) is 100 Å². The molecule has 1 aliphatic rings. The van der Waals surface area contributed by atoms with Crippen LogP contribution >= 0.6 is 0 Å². The molecule has 45 heavy (non-hydrogen) atoms. The molecule has 3 aromatic carbocycles. The molecular weight excluding hydrogens is 623 g/mol. The number of amides is 3. The number of imide groups is 1. The fourth-order valence-corrected chi connectivity index (χ4v) is 5.56. The average Bonchev–Trinajstić information content (AvgIpc) is 3.08. The molecule has 4 rings (SSSR count). The minimum absolute atomic E-state index is 0.122. The molecule has 238 valence electrons. The molecule has 0 spiro atoms. The minimum atomic E-state index is -5.08. The van der Waals surface area contributed by atoms with Gasteiger partial charge in [-0.05, 0) is 60.9 Å². The number of sulfone groups is 1. The maximum Gasteiger partial charge on any atom is 0.419 e. The van der Waals surface area contributed by atoms with Gasteiger partial charge in [0.15, 0.2) is 15.6 Å². The van der Waals surface area contributed by atoms with E-state index in [1.54, 1.807) is 0 Å². The van der Waals surface area contributed by atoms with Gasteiger partial charge in [0, 0.05) is 31.2 Å². The summed E-state index contributed by atoms with van der Waals surface area (Å²) >= 11 is 0. The van der Waals surface area contributed by atoms with Gasteiger partial charge in [0.25, 0.3) is 5.91 Å². The fraction of sp³-hybridized carbons (Fsp3) is 0.290. The van der Waals surface area contributed by atoms with Gasteiger partial charge in [0.05, 0.1) is 11.3 Å². The van der Waals surface area contributed by atoms with Crippen molar-refractivity contribution in [2.45, 2.75) is 44.9 Å². The number of anilines is 1. The molecule has 14 heteroatoms. The van der Waals surface area contributed by atoms with Gasteiger partial charge in [0.1, 0.15) is 28.7 Å². The van der Waals surface area contributed by atoms with Crippen LogP contribution < -0.4 is 4.90 Å². The molecule has 0 aliphatic carbocycles. The molecular formula is C31H27F5N2O6S. The number of hydrogen-bond acceptors (Lipinski definition) is 6. The Morgan fingerprint density at radius 3 is 2.11 bits per heavy atom. The number of carbonyl (C=O) groups is 4. The number of Topliss-reactive ketones (excluding diaryl/α,β-unsaturated/α-hetero) is 2. The summed E-state index contributed by atoms with van der Waals surface area (Å²) in [5.74, 6) is -4.75. The van der Waals surface area contributed by atoms with Crippen LogP contribution in [-0.4, -0.2) is 54.4 Å². The van der Waals surface area contributed by atoms with Gasteiger partial charge in [-0.3, -0.25) is 14.4 Å². The van der Waals surface area contributed by atoms with Gasteiger partial charge in [0.2, 0.25) is 0 Å². The Balaban J connectivity index is 1.54. The highest BCUT2D eigenvalue weighted by molar-refractivity contribution is 7.91. The van der Waals surface area contributed by atoms with E-state index in [0.717, 1.165) is 29.4 Å². The SMILES string of the molecule is CC1(C)C(=O)N(c2ccc(F)c(C(F)(F)F)c2)C(=O)N1Cc1ccc(F)cc1CC(=O)Cc1ccc(C(=O)CS(C)(=O)=O)cc1. The van der Waals surface area contributed by atoms with E-state index in [-0.39, 0.29) is 36.3 Å². The van der Waals surface area contributed by atoms with E-state index in [4.69, 9.17) is 0 Å². The molecule has 8 nitrogen and oxygen atoms in total. The first-order chi connectivity index (χ1) is 20.8. The number of carbonyl (C=O) groups excluding carboxylic acids is 4. The average molecular weight is 651 g/mol. The molecule has 0 bridgehead atoms. The predicted octanol–water partition coefficient (Wildman–Crippen LogP) is 5.31. The second kappa shape index (κ2) is 12.1. The van der Waals surface area contributed by atoms with E-state index in [1.807, 2.05) is 0 Å². The van der Waals surface area contributed by atoms with Crippen molar-refractivity contribution in [2.75, 3.05) is 16.9 Å². The molecule has 1 saturated heterocycles. The van der Waals surface area contributed by atoms with Crippen LogP contribution in [0.5, 0.6) is 0 Å². The highest BCUT2D eigenvalue weighted by Gasteiger charge is 2.52. The van der Waals surface area contributed by atoms with Crippen LogP contribution in [0.3, 0.4) is 0 Å². The Morgan fingerprint density at radius 1 is 0.867 bits per heavy atom. The Labute approximate surface area is 255 Å². The lowest BCUT2D eigenvalue weighted by Crippen LogP contribution is -2.43. The van der Waals surface area contributed by atoms with E-state index in [2.05, 4.69) is 0 Å². The number of alkyl halides is 3. The van der Waals surface area contributed by atoms with Crippen LogP contribution in [0.25, 0.3) is 0 Å². The molecule has 3 amide bonds. The van der Waals surface area contributed by atoms with E-state index >= 15 is 0 Å². The van der Waals surface area contributed by atoms with Gasteiger partial charge in [-0.25, -0.2) is 26.9 Å². The summed E-state index contributed by atoms with van der Waals surface area (Å²) in [6.45, 7) is 2.45. The van der Waals surface area contributed by atoms with Crippen LogP contribution in [0.1, 0.15) is 46.5 Å². The van der Waals surface area contributed by atoms with Crippen molar-refractivity contribution in [1.29, 1.82) is 0 Å². The molecule has 0 saturated carbocycles. The number of halogens is 5. The number of rotatable bonds is 10. The van der Waals surface area contributed by atoms with Crippen molar-refractivity contribution in [1.82, 2.24) is 4.90 Å². The predicted molar refractivity (Wildman–Crippen MR) is 153 cm³/mol. The summed E-state index contributed by atoms with van der Waals surface area (Å²) in [6.07, 6.45) is -4.54. The van der Waals surface area contributed by atoms with Gasteiger partial charge in [-0.1, -0.05) is 30.3 Å². The molecule has 0 unspecified atom stereocenters. The summed E-state index contributed by atoms with van der Waals surface area (Å²) in [7, 11) is -3.53. The smallest absolute Gasteiger partial charge is 0.305 e. The van der Waals surface area contributed by atoms with E-state index in [9.17, 15) is 49.5 Å². The van der Waals surface area contributed by atoms with E-state index in [0.29, 0.717) is 28.2 Å². The number of hydrogen-bond donors (Lipinski definition) is 0. The Kier molecular flexibility index (Phi) is 9.02. The molecule has 1 heterocycles. The topological polar surface area (TPSA) is 109 Å². The van der Waals surface area contributed by atoms with Crippen LogP contribution in [0.4, 0.5) is 32.4 Å². The first kappa shape index (κ1) is 33.4. The largest absolute Gasteiger partial charge is 0.419 e. The molecule has 0 radical (unpaired) electrons. The number of nitrogens with zero attached hydrogens (tertiary/aromatic N) is 2. The number of benzene rings is 3. The fourth-order valence-electron chi connectivity index (χ4n) is 4.91. The summed E-state index contributed by atoms with van der Waals surface area (Å²) in [6, 6.07) is 10.1. The summed E-state index contributed by atoms with van der Waals surface area (Å²) in [5, 5.41) is 0. The van der Waals surface area contributed by atoms with E-state index < -0.39 is 67.9 Å². The summed E-state index contributed by atoms with van der Waals surface area (Å²) < 4.78 is 90.9. The van der Waals surface area contributed by atoms with Crippen molar-refractivity contribution < 1.29 is 49.5 Å². The van der Waals surface area contributed by atoms with Crippen molar-refractivity contribution in [3.63, 3.8) is 0 Å². The second-order valence-electron chi connectivity index (χ2n) is 11.2. The molecule has 1 fully saturated rings. The lowest BCUT2D eigenvalue weighted by molar-refractivity contribution is -0.140. The first-order valence-corrected chi connectivity index (χ1v) is 15.5. The molecule has 0 atom stereocenters. The third-order valence-electron chi connectivity index (χ3n) is 7.29. The maximum absolute atomic E-state index is 14.3. The monoisotopic (exact) mass is 650 g/mol. The lowest BCUT2D eigenvalue weighted by atomic mass is 9.96. The maximum atomic E-state index is 14.3. The zero-order valence-electron chi connectivity index (χ0n) is 24.2. The molecule has 1 aliphatic heterocycles. The highest BCUT2D eigenvalue weighted by Crippen LogP contribution is 2.38. The standard InChI is InChI=1S/C31H27F5N2O6S/c1-30(2)28(41)38(23-10-11-26(33)25(15-23)31(34,35)36)29(42)37(30)16-20-8-9-22(32)13-21(20)14-24(39)12-18-4-6-19(7-5-18)27(40)17-45(3,43)44/h4-11,13,15H,12,14,16-17H2,1-3H3. The van der Waals surface area contributed by atoms with Crippen molar-refractivity contribution in [3.8, 4) is 0 Å². The van der Waals surface area contributed by atoms with Gasteiger partial charge < -0.3 is 4.90 Å². The normalized spacial score (nSPS) is 15.1. The van der Waals surface area contributed by atoms with Crippen LogP contribution in [0, 0.1) is 11.6 Å². The van der Waals surface area contributed by atoms with E-state index in [1.165, 1.54) is 44.2 Å². The quantitative estimate of drug-likeness (QED) is 0.167. The number of urea groups is 1. The lowest BCUT2D eigenvalue weighted by Gasteiger charge is -2.28. The summed E-state index contributed by atoms with van der Waals surface area (Å²) in [5.41, 5.74) is -2.54. The molecule has 0 aromatic heterocycles. The zero-order valence-corrected chi connectivity index (χ0v) is 25.1. The van der Waals surface area contributed by atoms with Crippen LogP contribution in [0.15, 0.2) is 60.7 Å². The Hall–Kier alpha value is -4.46. The van der Waals surface area contributed by atoms with Crippen molar-refractivity contribution >= 4 is 39.0 Å². The third kappa shape index (κ3) is 7.44. The molecule has 3 aromatic rings. The van der Waals surface area contributed by atoms with Crippen LogP contribution in [-0.2, 0) is 45.0 Å². The Bertz CT molecular complexity index is 1800. The van der Waals surface area contributed by atoms with Crippen LogP contribution in [0.2, 0.25) is 0 Å². The summed E-state index contributed by atoms with van der Waals surface area (Å²) in [4.78, 5) is 53.4. The van der Waals surface area contributed by atoms with Gasteiger partial charge >= 0.3 is 12.2 Å². The van der Waals surface area contributed by atoms with Crippen molar-refractivity contribution in [2.24, 2.45) is 0 Å². The highest BCUT2D eigenvalue weighted by atomic mass is 32.2. The van der Waals surface area contributed by atoms with Gasteiger partial charge in [-0.15, -0.1) is 0 Å². The Morgan fingerprint density at radius 2 is 1.51 bits per heavy atom. The molecule has 0 N–H and O–H groups in total. The first-order valence-electron chi connectivity index (χ1n) is 13.4. The minimum Gasteiger partial charge on any atom is -0.305 e. The third-order valence-corrected chi connectivity index (χ3v) is 8.08. The second-order valence-corrected chi connectivity index (χ2v) is 13.4.